The highest BCUT2D eigenvalue weighted by atomic mass is 16.4. The molecule has 0 aromatic carbocycles. The number of carboxylic acids is 1. The second kappa shape index (κ2) is 6.38. The summed E-state index contributed by atoms with van der Waals surface area (Å²) in [6.45, 7) is 6.02. The van der Waals surface area contributed by atoms with Gasteiger partial charge in [-0.3, -0.25) is 4.98 Å². The van der Waals surface area contributed by atoms with Crippen LogP contribution in [0.3, 0.4) is 0 Å². The number of hydrogen-bond acceptors (Lipinski definition) is 2. The molecule has 1 N–H and O–H groups in total. The fraction of sp³-hybridized carbons (Fsp3) is 0.571. The molecule has 94 valence electrons. The molecule has 1 aromatic heterocycles. The molecule has 0 bridgehead atoms. The third kappa shape index (κ3) is 3.55. The first-order valence-electron chi connectivity index (χ1n) is 6.26. The van der Waals surface area contributed by atoms with E-state index in [-0.39, 0.29) is 0 Å². The number of aromatic carboxylic acids is 1. The topological polar surface area (TPSA) is 50.2 Å². The lowest BCUT2D eigenvalue weighted by atomic mass is 9.97. The van der Waals surface area contributed by atoms with Crippen LogP contribution in [0.2, 0.25) is 0 Å². The Morgan fingerprint density at radius 3 is 2.59 bits per heavy atom. The summed E-state index contributed by atoms with van der Waals surface area (Å²) in [5.41, 5.74) is 3.28. The summed E-state index contributed by atoms with van der Waals surface area (Å²) in [6, 6.07) is 0. The fourth-order valence-electron chi connectivity index (χ4n) is 2.08. The Morgan fingerprint density at radius 2 is 2.00 bits per heavy atom. The van der Waals surface area contributed by atoms with Crippen molar-refractivity contribution in [3.63, 3.8) is 0 Å². The molecule has 3 heteroatoms. The van der Waals surface area contributed by atoms with E-state index in [1.807, 2.05) is 13.8 Å². The predicted octanol–water partition coefficient (Wildman–Crippen LogP) is 3.52. The minimum absolute atomic E-state index is 0.334. The fourth-order valence-corrected chi connectivity index (χ4v) is 2.08. The molecule has 0 unspecified atom stereocenters. The molecule has 0 aliphatic rings. The molecule has 0 fully saturated rings. The molecule has 0 atom stereocenters. The van der Waals surface area contributed by atoms with Gasteiger partial charge in [0.05, 0.1) is 5.56 Å². The van der Waals surface area contributed by atoms with E-state index in [0.717, 1.165) is 29.7 Å². The number of rotatable bonds is 6. The molecular formula is C14H21NO2. The van der Waals surface area contributed by atoms with Crippen molar-refractivity contribution in [2.24, 2.45) is 0 Å². The van der Waals surface area contributed by atoms with Gasteiger partial charge in [-0.05, 0) is 37.8 Å². The molecule has 0 aliphatic carbocycles. The second-order valence-corrected chi connectivity index (χ2v) is 4.48. The van der Waals surface area contributed by atoms with E-state index in [1.165, 1.54) is 25.5 Å². The van der Waals surface area contributed by atoms with Crippen LogP contribution in [-0.2, 0) is 6.42 Å². The number of nitrogens with zero attached hydrogens (tertiary/aromatic N) is 1. The Kier molecular flexibility index (Phi) is 5.13. The first-order chi connectivity index (χ1) is 8.07. The molecule has 1 heterocycles. The van der Waals surface area contributed by atoms with Gasteiger partial charge >= 0.3 is 5.97 Å². The molecular weight excluding hydrogens is 214 g/mol. The lowest BCUT2D eigenvalue weighted by Crippen LogP contribution is -2.06. The van der Waals surface area contributed by atoms with Crippen molar-refractivity contribution >= 4 is 5.97 Å². The van der Waals surface area contributed by atoms with Crippen LogP contribution in [0.25, 0.3) is 0 Å². The maximum Gasteiger partial charge on any atom is 0.337 e. The molecule has 3 nitrogen and oxygen atoms in total. The summed E-state index contributed by atoms with van der Waals surface area (Å²) in [4.78, 5) is 15.2. The lowest BCUT2D eigenvalue weighted by molar-refractivity contribution is 0.0695. The Morgan fingerprint density at radius 1 is 1.29 bits per heavy atom. The summed E-state index contributed by atoms with van der Waals surface area (Å²) in [5, 5.41) is 9.05. The Balaban J connectivity index is 2.82. The summed E-state index contributed by atoms with van der Waals surface area (Å²) < 4.78 is 0. The average molecular weight is 235 g/mol. The molecule has 1 aromatic rings. The van der Waals surface area contributed by atoms with Crippen LogP contribution in [0.4, 0.5) is 0 Å². The van der Waals surface area contributed by atoms with Crippen molar-refractivity contribution in [3.8, 4) is 0 Å². The molecule has 0 saturated carbocycles. The van der Waals surface area contributed by atoms with Gasteiger partial charge < -0.3 is 5.11 Å². The third-order valence-corrected chi connectivity index (χ3v) is 3.19. The summed E-state index contributed by atoms with van der Waals surface area (Å²) in [7, 11) is 0. The third-order valence-electron chi connectivity index (χ3n) is 3.19. The smallest absolute Gasteiger partial charge is 0.337 e. The second-order valence-electron chi connectivity index (χ2n) is 4.48. The predicted molar refractivity (Wildman–Crippen MR) is 68.5 cm³/mol. The molecule has 17 heavy (non-hydrogen) atoms. The van der Waals surface area contributed by atoms with Crippen molar-refractivity contribution in [2.45, 2.75) is 52.9 Å². The molecule has 0 amide bonds. The quantitative estimate of drug-likeness (QED) is 0.767. The standard InChI is InChI=1S/C14H21NO2/c1-4-5-6-7-8-12-10(2)13(14(16)17)9-15-11(12)3/h9H,4-8H2,1-3H3,(H,16,17). The zero-order valence-electron chi connectivity index (χ0n) is 10.9. The summed E-state index contributed by atoms with van der Waals surface area (Å²) in [5.74, 6) is -0.884. The Bertz CT molecular complexity index is 399. The van der Waals surface area contributed by atoms with Crippen molar-refractivity contribution in [3.05, 3.63) is 28.6 Å². The highest BCUT2D eigenvalue weighted by Crippen LogP contribution is 2.19. The van der Waals surface area contributed by atoms with Crippen LogP contribution < -0.4 is 0 Å². The Hall–Kier alpha value is -1.38. The number of hydrogen-bond donors (Lipinski definition) is 1. The average Bonchev–Trinajstić information content (AvgIpc) is 2.27. The number of pyridine rings is 1. The summed E-state index contributed by atoms with van der Waals surface area (Å²) >= 11 is 0. The van der Waals surface area contributed by atoms with Crippen molar-refractivity contribution in [1.29, 1.82) is 0 Å². The van der Waals surface area contributed by atoms with Crippen LogP contribution in [0.15, 0.2) is 6.20 Å². The first-order valence-corrected chi connectivity index (χ1v) is 6.26. The highest BCUT2D eigenvalue weighted by Gasteiger charge is 2.13. The number of aryl methyl sites for hydroxylation is 1. The van der Waals surface area contributed by atoms with E-state index < -0.39 is 5.97 Å². The van der Waals surface area contributed by atoms with Crippen molar-refractivity contribution in [2.75, 3.05) is 0 Å². The van der Waals surface area contributed by atoms with E-state index in [9.17, 15) is 4.79 Å². The van der Waals surface area contributed by atoms with E-state index >= 15 is 0 Å². The minimum atomic E-state index is -0.884. The molecule has 0 spiro atoms. The number of carbonyl (C=O) groups is 1. The van der Waals surface area contributed by atoms with Crippen molar-refractivity contribution in [1.82, 2.24) is 4.98 Å². The van der Waals surface area contributed by atoms with Crippen LogP contribution in [0.1, 0.15) is 59.8 Å². The van der Waals surface area contributed by atoms with Gasteiger partial charge in [0.25, 0.3) is 0 Å². The maximum absolute atomic E-state index is 11.0. The van der Waals surface area contributed by atoms with Gasteiger partial charge in [-0.25, -0.2) is 4.79 Å². The van der Waals surface area contributed by atoms with E-state index in [0.29, 0.717) is 5.56 Å². The molecule has 0 aliphatic heterocycles. The van der Waals surface area contributed by atoms with Gasteiger partial charge in [-0.1, -0.05) is 26.2 Å². The van der Waals surface area contributed by atoms with Gasteiger partial charge in [0.1, 0.15) is 0 Å². The van der Waals surface area contributed by atoms with Crippen LogP contribution >= 0.6 is 0 Å². The SMILES string of the molecule is CCCCCCc1c(C)ncc(C(=O)O)c1C. The highest BCUT2D eigenvalue weighted by molar-refractivity contribution is 5.89. The van der Waals surface area contributed by atoms with E-state index in [4.69, 9.17) is 5.11 Å². The zero-order valence-corrected chi connectivity index (χ0v) is 10.9. The molecule has 1 rings (SSSR count). The normalized spacial score (nSPS) is 10.5. The number of carboxylic acid groups (broad SMARTS) is 1. The van der Waals surface area contributed by atoms with Gasteiger partial charge in [0.2, 0.25) is 0 Å². The number of unbranched alkanes of at least 4 members (excludes halogenated alkanes) is 3. The molecule has 0 saturated heterocycles. The van der Waals surface area contributed by atoms with Crippen molar-refractivity contribution < 1.29 is 9.90 Å². The van der Waals surface area contributed by atoms with Crippen LogP contribution in [0.5, 0.6) is 0 Å². The lowest BCUT2D eigenvalue weighted by Gasteiger charge is -2.11. The minimum Gasteiger partial charge on any atom is -0.478 e. The molecule has 0 radical (unpaired) electrons. The van der Waals surface area contributed by atoms with Crippen LogP contribution in [0, 0.1) is 13.8 Å². The van der Waals surface area contributed by atoms with Gasteiger partial charge in [0.15, 0.2) is 0 Å². The zero-order chi connectivity index (χ0) is 12.8. The maximum atomic E-state index is 11.0. The Labute approximate surface area is 103 Å². The van der Waals surface area contributed by atoms with Gasteiger partial charge in [-0.2, -0.15) is 0 Å². The largest absolute Gasteiger partial charge is 0.478 e. The van der Waals surface area contributed by atoms with Gasteiger partial charge in [-0.15, -0.1) is 0 Å². The van der Waals surface area contributed by atoms with Crippen LogP contribution in [-0.4, -0.2) is 16.1 Å². The monoisotopic (exact) mass is 235 g/mol. The first kappa shape index (κ1) is 13.7. The van der Waals surface area contributed by atoms with E-state index in [1.54, 1.807) is 0 Å². The van der Waals surface area contributed by atoms with E-state index in [2.05, 4.69) is 11.9 Å². The summed E-state index contributed by atoms with van der Waals surface area (Å²) in [6.07, 6.45) is 7.16. The number of aromatic nitrogens is 1. The van der Waals surface area contributed by atoms with Gasteiger partial charge in [0, 0.05) is 11.9 Å².